The molecule has 1 atom stereocenters. The van der Waals surface area contributed by atoms with Crippen LogP contribution in [0.2, 0.25) is 10.0 Å². The van der Waals surface area contributed by atoms with Crippen LogP contribution in [-0.4, -0.2) is 24.6 Å². The summed E-state index contributed by atoms with van der Waals surface area (Å²) in [7, 11) is 0. The fourth-order valence-electron chi connectivity index (χ4n) is 1.83. The number of nitrogens with one attached hydrogen (secondary N) is 1. The van der Waals surface area contributed by atoms with Crippen molar-refractivity contribution in [2.45, 2.75) is 13.0 Å². The van der Waals surface area contributed by atoms with E-state index in [-0.39, 0.29) is 16.5 Å². The maximum Gasteiger partial charge on any atom is 0.347 e. The summed E-state index contributed by atoms with van der Waals surface area (Å²) in [5.74, 6) is -3.45. The number of anilines is 1. The van der Waals surface area contributed by atoms with Gasteiger partial charge < -0.3 is 14.8 Å². The van der Waals surface area contributed by atoms with Crippen LogP contribution in [0.1, 0.15) is 6.92 Å². The molecule has 5 nitrogen and oxygen atoms in total. The van der Waals surface area contributed by atoms with Gasteiger partial charge in [-0.15, -0.1) is 0 Å². The smallest absolute Gasteiger partial charge is 0.347 e. The topological polar surface area (TPSA) is 64.6 Å². The van der Waals surface area contributed by atoms with Crippen LogP contribution in [0.5, 0.6) is 5.75 Å². The molecule has 0 bridgehead atoms. The highest BCUT2D eigenvalue weighted by Crippen LogP contribution is 2.28. The molecule has 0 fully saturated rings. The van der Waals surface area contributed by atoms with Crippen molar-refractivity contribution < 1.29 is 27.8 Å². The molecule has 0 spiro atoms. The van der Waals surface area contributed by atoms with Gasteiger partial charge >= 0.3 is 5.97 Å². The SMILES string of the molecule is C[C@H](Oc1ccc(Cl)cc1Cl)C(=O)OCC(=O)Nc1ccc(F)c(F)c1. The first kappa shape index (κ1) is 19.9. The Hall–Kier alpha value is -2.38. The first-order valence-electron chi connectivity index (χ1n) is 7.29. The van der Waals surface area contributed by atoms with Gasteiger partial charge in [-0.3, -0.25) is 4.79 Å². The predicted octanol–water partition coefficient (Wildman–Crippen LogP) is 4.22. The lowest BCUT2D eigenvalue weighted by Gasteiger charge is -2.15. The third-order valence-electron chi connectivity index (χ3n) is 3.08. The van der Waals surface area contributed by atoms with E-state index in [1.54, 1.807) is 0 Å². The van der Waals surface area contributed by atoms with Crippen LogP contribution < -0.4 is 10.1 Å². The average molecular weight is 404 g/mol. The van der Waals surface area contributed by atoms with E-state index in [1.807, 2.05) is 0 Å². The minimum atomic E-state index is -1.11. The van der Waals surface area contributed by atoms with E-state index in [0.29, 0.717) is 5.02 Å². The first-order valence-corrected chi connectivity index (χ1v) is 8.05. The number of rotatable bonds is 6. The number of amides is 1. The molecule has 0 heterocycles. The Morgan fingerprint density at radius 2 is 1.85 bits per heavy atom. The molecule has 9 heteroatoms. The van der Waals surface area contributed by atoms with Crippen molar-refractivity contribution in [1.82, 2.24) is 0 Å². The summed E-state index contributed by atoms with van der Waals surface area (Å²) in [5, 5.41) is 2.89. The van der Waals surface area contributed by atoms with Crippen molar-refractivity contribution in [3.8, 4) is 5.75 Å². The second-order valence-corrected chi connectivity index (χ2v) is 5.96. The van der Waals surface area contributed by atoms with Gasteiger partial charge in [-0.2, -0.15) is 0 Å². The normalized spacial score (nSPS) is 11.6. The molecule has 2 aromatic rings. The summed E-state index contributed by atoms with van der Waals surface area (Å²) in [6.07, 6.45) is -1.04. The van der Waals surface area contributed by atoms with E-state index < -0.39 is 36.2 Å². The number of carbonyl (C=O) groups is 2. The molecule has 0 aliphatic heterocycles. The standard InChI is InChI=1S/C17H13Cl2F2NO4/c1-9(26-15-5-2-10(18)6-12(15)19)17(24)25-8-16(23)22-11-3-4-13(20)14(21)7-11/h2-7,9H,8H2,1H3,(H,22,23)/t9-/m0/s1. The van der Waals surface area contributed by atoms with Crippen molar-refractivity contribution in [1.29, 1.82) is 0 Å². The molecule has 0 aliphatic rings. The van der Waals surface area contributed by atoms with Crippen LogP contribution in [0.4, 0.5) is 14.5 Å². The molecule has 138 valence electrons. The number of benzene rings is 2. The predicted molar refractivity (Wildman–Crippen MR) is 92.5 cm³/mol. The number of hydrogen-bond acceptors (Lipinski definition) is 4. The van der Waals surface area contributed by atoms with Crippen molar-refractivity contribution in [2.75, 3.05) is 11.9 Å². The highest BCUT2D eigenvalue weighted by atomic mass is 35.5. The van der Waals surface area contributed by atoms with Crippen LogP contribution >= 0.6 is 23.2 Å². The zero-order valence-electron chi connectivity index (χ0n) is 13.4. The molecule has 0 saturated carbocycles. The van der Waals surface area contributed by atoms with Crippen molar-refractivity contribution >= 4 is 40.8 Å². The molecule has 0 aromatic heterocycles. The Morgan fingerprint density at radius 1 is 1.12 bits per heavy atom. The lowest BCUT2D eigenvalue weighted by Crippen LogP contribution is -2.29. The van der Waals surface area contributed by atoms with Crippen LogP contribution in [-0.2, 0) is 14.3 Å². The van der Waals surface area contributed by atoms with Crippen LogP contribution in [0.3, 0.4) is 0 Å². The van der Waals surface area contributed by atoms with Gasteiger partial charge in [0.05, 0.1) is 5.02 Å². The lowest BCUT2D eigenvalue weighted by molar-refractivity contribution is -0.153. The molecular weight excluding hydrogens is 391 g/mol. The van der Waals surface area contributed by atoms with Crippen molar-refractivity contribution in [3.63, 3.8) is 0 Å². The summed E-state index contributed by atoms with van der Waals surface area (Å²) in [4.78, 5) is 23.6. The Morgan fingerprint density at radius 3 is 2.50 bits per heavy atom. The van der Waals surface area contributed by atoms with Crippen LogP contribution in [0.15, 0.2) is 36.4 Å². The Bertz CT molecular complexity index is 832. The minimum Gasteiger partial charge on any atom is -0.477 e. The molecule has 0 aliphatic carbocycles. The van der Waals surface area contributed by atoms with E-state index in [0.717, 1.165) is 12.1 Å². The summed E-state index contributed by atoms with van der Waals surface area (Å²) in [5.41, 5.74) is 0.0298. The first-order chi connectivity index (χ1) is 12.3. The monoisotopic (exact) mass is 403 g/mol. The van der Waals surface area contributed by atoms with Gasteiger partial charge in [-0.1, -0.05) is 23.2 Å². The zero-order valence-corrected chi connectivity index (χ0v) is 14.9. The van der Waals surface area contributed by atoms with Crippen LogP contribution in [0.25, 0.3) is 0 Å². The maximum atomic E-state index is 13.1. The van der Waals surface area contributed by atoms with E-state index in [4.69, 9.17) is 32.7 Å². The minimum absolute atomic E-state index is 0.0298. The second kappa shape index (κ2) is 8.82. The molecule has 0 saturated heterocycles. The Kier molecular flexibility index (Phi) is 6.76. The number of carbonyl (C=O) groups excluding carboxylic acids is 2. The Labute approximate surface area is 157 Å². The number of halogens is 4. The van der Waals surface area contributed by atoms with Crippen LogP contribution in [0, 0.1) is 11.6 Å². The molecule has 0 radical (unpaired) electrons. The molecule has 1 N–H and O–H groups in total. The fourth-order valence-corrected chi connectivity index (χ4v) is 2.29. The second-order valence-electron chi connectivity index (χ2n) is 5.12. The molecule has 26 heavy (non-hydrogen) atoms. The lowest BCUT2D eigenvalue weighted by atomic mass is 10.3. The number of hydrogen-bond donors (Lipinski definition) is 1. The third kappa shape index (κ3) is 5.57. The molecular formula is C17H13Cl2F2NO4. The summed E-state index contributed by atoms with van der Waals surface area (Å²) < 4.78 is 36.1. The molecule has 1 amide bonds. The van der Waals surface area contributed by atoms with Crippen molar-refractivity contribution in [2.24, 2.45) is 0 Å². The third-order valence-corrected chi connectivity index (χ3v) is 3.61. The van der Waals surface area contributed by atoms with Gasteiger partial charge in [0.15, 0.2) is 24.3 Å². The van der Waals surface area contributed by atoms with Gasteiger partial charge in [-0.05, 0) is 37.3 Å². The average Bonchev–Trinajstić information content (AvgIpc) is 2.58. The van der Waals surface area contributed by atoms with Crippen molar-refractivity contribution in [3.05, 3.63) is 58.1 Å². The molecule has 2 aromatic carbocycles. The zero-order chi connectivity index (χ0) is 19.3. The highest BCUT2D eigenvalue weighted by Gasteiger charge is 2.19. The summed E-state index contributed by atoms with van der Waals surface area (Å²) >= 11 is 11.7. The van der Waals surface area contributed by atoms with E-state index in [1.165, 1.54) is 31.2 Å². The fraction of sp³-hybridized carbons (Fsp3) is 0.176. The quantitative estimate of drug-likeness (QED) is 0.733. The summed E-state index contributed by atoms with van der Waals surface area (Å²) in [6.45, 7) is 0.792. The highest BCUT2D eigenvalue weighted by molar-refractivity contribution is 6.35. The van der Waals surface area contributed by atoms with E-state index in [2.05, 4.69) is 5.32 Å². The van der Waals surface area contributed by atoms with Gasteiger partial charge in [0.2, 0.25) is 0 Å². The maximum absolute atomic E-state index is 13.1. The van der Waals surface area contributed by atoms with E-state index in [9.17, 15) is 18.4 Å². The number of ether oxygens (including phenoxy) is 2. The van der Waals surface area contributed by atoms with Gasteiger partial charge in [0, 0.05) is 16.8 Å². The molecule has 0 unspecified atom stereocenters. The van der Waals surface area contributed by atoms with Gasteiger partial charge in [0.1, 0.15) is 5.75 Å². The Balaban J connectivity index is 1.84. The number of esters is 1. The molecule has 2 rings (SSSR count). The largest absolute Gasteiger partial charge is 0.477 e. The van der Waals surface area contributed by atoms with E-state index >= 15 is 0 Å². The summed E-state index contributed by atoms with van der Waals surface area (Å²) in [6, 6.07) is 7.32. The van der Waals surface area contributed by atoms with Gasteiger partial charge in [-0.25, -0.2) is 13.6 Å². The van der Waals surface area contributed by atoms with Gasteiger partial charge in [0.25, 0.3) is 5.91 Å².